The fraction of sp³-hybridized carbons (Fsp3) is 0.900. The first-order valence-corrected chi connectivity index (χ1v) is 5.35. The summed E-state index contributed by atoms with van der Waals surface area (Å²) < 4.78 is 0. The molecule has 0 fully saturated rings. The van der Waals surface area contributed by atoms with Gasteiger partial charge in [0, 0.05) is 38.3 Å². The zero-order valence-electron chi connectivity index (χ0n) is 9.20. The SMILES string of the molecule is CNCCN1CCCO/N=C\C(C)C1. The summed E-state index contributed by atoms with van der Waals surface area (Å²) in [5, 5.41) is 7.09. The highest BCUT2D eigenvalue weighted by Crippen LogP contribution is 2.01. The van der Waals surface area contributed by atoms with Gasteiger partial charge in [-0.1, -0.05) is 12.1 Å². The van der Waals surface area contributed by atoms with E-state index >= 15 is 0 Å². The van der Waals surface area contributed by atoms with Crippen LogP contribution in [-0.4, -0.2) is 50.9 Å². The first-order valence-electron chi connectivity index (χ1n) is 5.35. The van der Waals surface area contributed by atoms with Crippen LogP contribution in [0.2, 0.25) is 0 Å². The molecule has 1 aliphatic rings. The first-order chi connectivity index (χ1) is 6.83. The Balaban J connectivity index is 2.35. The first kappa shape index (κ1) is 11.5. The minimum absolute atomic E-state index is 0.477. The van der Waals surface area contributed by atoms with Crippen molar-refractivity contribution in [3.8, 4) is 0 Å². The minimum Gasteiger partial charge on any atom is -0.396 e. The van der Waals surface area contributed by atoms with Crippen LogP contribution in [0.4, 0.5) is 0 Å². The Hall–Kier alpha value is -0.610. The topological polar surface area (TPSA) is 36.9 Å². The van der Waals surface area contributed by atoms with Gasteiger partial charge in [0.05, 0.1) is 0 Å². The number of hydrogen-bond acceptors (Lipinski definition) is 4. The van der Waals surface area contributed by atoms with Gasteiger partial charge in [-0.2, -0.15) is 0 Å². The van der Waals surface area contributed by atoms with E-state index < -0.39 is 0 Å². The van der Waals surface area contributed by atoms with Crippen molar-refractivity contribution in [2.75, 3.05) is 39.8 Å². The van der Waals surface area contributed by atoms with Crippen LogP contribution in [0, 0.1) is 5.92 Å². The lowest BCUT2D eigenvalue weighted by molar-refractivity contribution is 0.134. The third-order valence-electron chi connectivity index (χ3n) is 2.32. The van der Waals surface area contributed by atoms with Gasteiger partial charge in [0.2, 0.25) is 0 Å². The van der Waals surface area contributed by atoms with Gasteiger partial charge in [0.1, 0.15) is 6.61 Å². The van der Waals surface area contributed by atoms with Gasteiger partial charge in [0.25, 0.3) is 0 Å². The maximum Gasteiger partial charge on any atom is 0.118 e. The van der Waals surface area contributed by atoms with Crippen LogP contribution in [0.1, 0.15) is 13.3 Å². The van der Waals surface area contributed by atoms with Gasteiger partial charge >= 0.3 is 0 Å². The van der Waals surface area contributed by atoms with E-state index in [0.29, 0.717) is 5.92 Å². The van der Waals surface area contributed by atoms with Crippen molar-refractivity contribution in [2.24, 2.45) is 11.1 Å². The van der Waals surface area contributed by atoms with Gasteiger partial charge in [-0.05, 0) is 13.5 Å². The molecule has 0 amide bonds. The molecule has 1 heterocycles. The van der Waals surface area contributed by atoms with Crippen molar-refractivity contribution in [3.63, 3.8) is 0 Å². The molecule has 0 aliphatic carbocycles. The predicted molar refractivity (Wildman–Crippen MR) is 58.6 cm³/mol. The molecule has 0 aromatic carbocycles. The summed E-state index contributed by atoms with van der Waals surface area (Å²) in [6.45, 7) is 7.24. The van der Waals surface area contributed by atoms with Gasteiger partial charge in [-0.25, -0.2) is 0 Å². The molecule has 0 aromatic rings. The third kappa shape index (κ3) is 4.58. The Morgan fingerprint density at radius 3 is 3.29 bits per heavy atom. The zero-order chi connectivity index (χ0) is 10.2. The highest BCUT2D eigenvalue weighted by Gasteiger charge is 2.09. The summed E-state index contributed by atoms with van der Waals surface area (Å²) in [6, 6.07) is 0. The smallest absolute Gasteiger partial charge is 0.118 e. The fourth-order valence-electron chi connectivity index (χ4n) is 1.57. The molecule has 4 nitrogen and oxygen atoms in total. The van der Waals surface area contributed by atoms with Crippen molar-refractivity contribution in [3.05, 3.63) is 0 Å². The van der Waals surface area contributed by atoms with E-state index in [0.717, 1.165) is 39.2 Å². The third-order valence-corrected chi connectivity index (χ3v) is 2.32. The maximum atomic E-state index is 5.10. The number of nitrogens with zero attached hydrogens (tertiary/aromatic N) is 2. The Morgan fingerprint density at radius 2 is 2.50 bits per heavy atom. The number of oxime groups is 1. The zero-order valence-corrected chi connectivity index (χ0v) is 9.20. The van der Waals surface area contributed by atoms with E-state index in [4.69, 9.17) is 4.84 Å². The average molecular weight is 199 g/mol. The molecule has 0 saturated carbocycles. The lowest BCUT2D eigenvalue weighted by Gasteiger charge is -2.22. The molecule has 0 saturated heterocycles. The second kappa shape index (κ2) is 6.79. The molecule has 0 aromatic heterocycles. The quantitative estimate of drug-likeness (QED) is 0.721. The second-order valence-corrected chi connectivity index (χ2v) is 3.82. The van der Waals surface area contributed by atoms with Crippen LogP contribution in [0.15, 0.2) is 5.16 Å². The van der Waals surface area contributed by atoms with Crippen LogP contribution < -0.4 is 5.32 Å². The summed E-state index contributed by atoms with van der Waals surface area (Å²) in [5.74, 6) is 0.477. The van der Waals surface area contributed by atoms with E-state index in [1.54, 1.807) is 0 Å². The van der Waals surface area contributed by atoms with Crippen molar-refractivity contribution in [2.45, 2.75) is 13.3 Å². The summed E-state index contributed by atoms with van der Waals surface area (Å²) in [5.41, 5.74) is 0. The van der Waals surface area contributed by atoms with Crippen LogP contribution in [0.3, 0.4) is 0 Å². The van der Waals surface area contributed by atoms with E-state index in [2.05, 4.69) is 22.3 Å². The molecule has 82 valence electrons. The van der Waals surface area contributed by atoms with Crippen LogP contribution in [0.25, 0.3) is 0 Å². The van der Waals surface area contributed by atoms with Crippen molar-refractivity contribution in [1.82, 2.24) is 10.2 Å². The Labute approximate surface area is 86.3 Å². The molecule has 0 spiro atoms. The van der Waals surface area contributed by atoms with Gasteiger partial charge in [-0.15, -0.1) is 0 Å². The molecule has 14 heavy (non-hydrogen) atoms. The molecule has 1 N–H and O–H groups in total. The summed E-state index contributed by atoms with van der Waals surface area (Å²) in [4.78, 5) is 7.57. The molecule has 0 radical (unpaired) electrons. The Kier molecular flexibility index (Phi) is 5.56. The predicted octanol–water partition coefficient (Wildman–Crippen LogP) is 0.550. The minimum atomic E-state index is 0.477. The second-order valence-electron chi connectivity index (χ2n) is 3.82. The number of hydrogen-bond donors (Lipinski definition) is 1. The van der Waals surface area contributed by atoms with Gasteiger partial charge in [0.15, 0.2) is 0 Å². The highest BCUT2D eigenvalue weighted by atomic mass is 16.6. The number of nitrogens with one attached hydrogen (secondary N) is 1. The monoisotopic (exact) mass is 199 g/mol. The molecular formula is C10H21N3O. The van der Waals surface area contributed by atoms with Crippen LogP contribution >= 0.6 is 0 Å². The average Bonchev–Trinajstić information content (AvgIpc) is 2.27. The lowest BCUT2D eigenvalue weighted by Crippen LogP contribution is -2.35. The molecule has 1 rings (SSSR count). The summed E-state index contributed by atoms with van der Waals surface area (Å²) in [7, 11) is 1.99. The molecule has 4 heteroatoms. The van der Waals surface area contributed by atoms with E-state index in [1.165, 1.54) is 0 Å². The van der Waals surface area contributed by atoms with E-state index in [9.17, 15) is 0 Å². The van der Waals surface area contributed by atoms with Crippen LogP contribution in [-0.2, 0) is 4.84 Å². The fourth-order valence-corrected chi connectivity index (χ4v) is 1.57. The van der Waals surface area contributed by atoms with Crippen molar-refractivity contribution >= 4 is 6.21 Å². The molecular weight excluding hydrogens is 178 g/mol. The summed E-state index contributed by atoms with van der Waals surface area (Å²) in [6.07, 6.45) is 2.96. The number of rotatable bonds is 3. The lowest BCUT2D eigenvalue weighted by atomic mass is 10.2. The highest BCUT2D eigenvalue weighted by molar-refractivity contribution is 5.59. The Bertz CT molecular complexity index is 173. The van der Waals surface area contributed by atoms with E-state index in [-0.39, 0.29) is 0 Å². The normalized spacial score (nSPS) is 27.1. The van der Waals surface area contributed by atoms with Gasteiger partial charge < -0.3 is 15.1 Å². The van der Waals surface area contributed by atoms with Gasteiger partial charge in [-0.3, -0.25) is 0 Å². The van der Waals surface area contributed by atoms with Crippen molar-refractivity contribution in [1.29, 1.82) is 0 Å². The molecule has 1 aliphatic heterocycles. The molecule has 1 unspecified atom stereocenters. The standard InChI is InChI=1S/C10H21N3O/c1-10-8-12-14-7-3-5-13(9-10)6-4-11-2/h8,10-11H,3-7,9H2,1-2H3/b12-8-. The molecule has 1 atom stereocenters. The largest absolute Gasteiger partial charge is 0.396 e. The maximum absolute atomic E-state index is 5.10. The van der Waals surface area contributed by atoms with Crippen LogP contribution in [0.5, 0.6) is 0 Å². The molecule has 0 bridgehead atoms. The van der Waals surface area contributed by atoms with Crippen molar-refractivity contribution < 1.29 is 4.84 Å². The van der Waals surface area contributed by atoms with E-state index in [1.807, 2.05) is 13.3 Å². The Morgan fingerprint density at radius 1 is 1.64 bits per heavy atom. The summed E-state index contributed by atoms with van der Waals surface area (Å²) >= 11 is 0. The number of likely N-dealkylation sites (N-methyl/N-ethyl adjacent to an activating group) is 1.